The molecule has 6 heteroatoms. The van der Waals surface area contributed by atoms with Crippen LogP contribution in [0.4, 0.5) is 17.1 Å². The van der Waals surface area contributed by atoms with Gasteiger partial charge in [-0.15, -0.1) is 0 Å². The number of carbonyl (C=O) groups excluding carboxylic acids is 1. The third-order valence-electron chi connectivity index (χ3n) is 3.71. The fraction of sp³-hybridized carbons (Fsp3) is 0.235. The molecule has 120 valence electrons. The number of benzene rings is 2. The molecular weight excluding hydrogens is 405 g/mol. The van der Waals surface area contributed by atoms with Crippen LogP contribution in [0.3, 0.4) is 0 Å². The highest BCUT2D eigenvalue weighted by Crippen LogP contribution is 2.29. The average Bonchev–Trinajstić information content (AvgIpc) is 2.56. The van der Waals surface area contributed by atoms with Crippen molar-refractivity contribution in [1.29, 1.82) is 0 Å². The number of carbonyl (C=O) groups is 1. The number of ether oxygens (including phenoxy) is 1. The molecule has 1 aliphatic heterocycles. The van der Waals surface area contributed by atoms with Crippen molar-refractivity contribution >= 4 is 45.6 Å². The molecule has 0 atom stereocenters. The summed E-state index contributed by atoms with van der Waals surface area (Å²) in [6, 6.07) is 13.1. The van der Waals surface area contributed by atoms with E-state index in [4.69, 9.17) is 10.5 Å². The molecule has 3 rings (SSSR count). The lowest BCUT2D eigenvalue weighted by Crippen LogP contribution is -2.36. The summed E-state index contributed by atoms with van der Waals surface area (Å²) >= 11 is 2.19. The maximum atomic E-state index is 12.5. The number of rotatable bonds is 3. The third-order valence-corrected chi connectivity index (χ3v) is 4.38. The van der Waals surface area contributed by atoms with Gasteiger partial charge in [0.15, 0.2) is 0 Å². The number of nitrogens with two attached hydrogens (primary N) is 1. The van der Waals surface area contributed by atoms with Gasteiger partial charge in [-0.1, -0.05) is 6.07 Å². The number of morpholine rings is 1. The van der Waals surface area contributed by atoms with Gasteiger partial charge in [-0.2, -0.15) is 0 Å². The standard InChI is InChI=1S/C17H18IN3O2/c18-13-3-1-2-12(10-13)17(22)20-15-11-14(19)4-5-16(15)21-6-8-23-9-7-21/h1-5,10-11H,6-9,19H2,(H,20,22). The largest absolute Gasteiger partial charge is 0.399 e. The molecule has 1 amide bonds. The van der Waals surface area contributed by atoms with Gasteiger partial charge in [0, 0.05) is 27.9 Å². The Balaban J connectivity index is 1.86. The van der Waals surface area contributed by atoms with Gasteiger partial charge >= 0.3 is 0 Å². The van der Waals surface area contributed by atoms with Crippen LogP contribution in [0, 0.1) is 3.57 Å². The van der Waals surface area contributed by atoms with Crippen molar-refractivity contribution in [2.45, 2.75) is 0 Å². The second kappa shape index (κ2) is 7.18. The minimum Gasteiger partial charge on any atom is -0.399 e. The Morgan fingerprint density at radius 3 is 2.70 bits per heavy atom. The van der Waals surface area contributed by atoms with E-state index in [0.29, 0.717) is 24.5 Å². The van der Waals surface area contributed by atoms with Gasteiger partial charge in [-0.05, 0) is 59.0 Å². The topological polar surface area (TPSA) is 67.6 Å². The van der Waals surface area contributed by atoms with E-state index in [2.05, 4.69) is 32.8 Å². The number of hydrogen-bond acceptors (Lipinski definition) is 4. The normalized spacial score (nSPS) is 14.6. The molecule has 2 aromatic rings. The fourth-order valence-corrected chi connectivity index (χ4v) is 3.10. The lowest BCUT2D eigenvalue weighted by molar-refractivity contribution is 0.102. The molecule has 0 aliphatic carbocycles. The van der Waals surface area contributed by atoms with Crippen LogP contribution in [0.2, 0.25) is 0 Å². The first-order valence-corrected chi connectivity index (χ1v) is 8.50. The molecule has 0 unspecified atom stereocenters. The first-order chi connectivity index (χ1) is 11.1. The van der Waals surface area contributed by atoms with Crippen LogP contribution >= 0.6 is 22.6 Å². The van der Waals surface area contributed by atoms with Crippen molar-refractivity contribution in [2.24, 2.45) is 0 Å². The summed E-state index contributed by atoms with van der Waals surface area (Å²) in [6.07, 6.45) is 0. The summed E-state index contributed by atoms with van der Waals surface area (Å²) in [5, 5.41) is 2.99. The van der Waals surface area contributed by atoms with Crippen molar-refractivity contribution in [3.05, 3.63) is 51.6 Å². The Morgan fingerprint density at radius 1 is 1.17 bits per heavy atom. The van der Waals surface area contributed by atoms with E-state index in [1.807, 2.05) is 30.3 Å². The minimum absolute atomic E-state index is 0.136. The van der Waals surface area contributed by atoms with Crippen LogP contribution in [0.15, 0.2) is 42.5 Å². The average molecular weight is 423 g/mol. The number of nitrogen functional groups attached to an aromatic ring is 1. The molecule has 5 nitrogen and oxygen atoms in total. The second-order valence-electron chi connectivity index (χ2n) is 5.34. The van der Waals surface area contributed by atoms with Crippen LogP contribution < -0.4 is 16.0 Å². The molecule has 0 spiro atoms. The van der Waals surface area contributed by atoms with Gasteiger partial charge in [0.1, 0.15) is 0 Å². The maximum absolute atomic E-state index is 12.5. The second-order valence-corrected chi connectivity index (χ2v) is 6.59. The van der Waals surface area contributed by atoms with E-state index in [1.165, 1.54) is 0 Å². The molecule has 1 heterocycles. The van der Waals surface area contributed by atoms with Crippen LogP contribution in [-0.2, 0) is 4.74 Å². The molecule has 1 aliphatic rings. The Morgan fingerprint density at radius 2 is 1.96 bits per heavy atom. The first-order valence-electron chi connectivity index (χ1n) is 7.42. The molecule has 0 saturated carbocycles. The number of nitrogens with one attached hydrogen (secondary N) is 1. The van der Waals surface area contributed by atoms with Gasteiger partial charge in [0.05, 0.1) is 24.6 Å². The van der Waals surface area contributed by atoms with Crippen molar-refractivity contribution in [3.8, 4) is 0 Å². The molecular formula is C17H18IN3O2. The molecule has 3 N–H and O–H groups in total. The van der Waals surface area contributed by atoms with Crippen molar-refractivity contribution < 1.29 is 9.53 Å². The summed E-state index contributed by atoms with van der Waals surface area (Å²) in [4.78, 5) is 14.7. The molecule has 2 aromatic carbocycles. The lowest BCUT2D eigenvalue weighted by atomic mass is 10.1. The summed E-state index contributed by atoms with van der Waals surface area (Å²) in [5.41, 5.74) is 8.86. The zero-order chi connectivity index (χ0) is 16.2. The number of amides is 1. The Bertz CT molecular complexity index is 715. The van der Waals surface area contributed by atoms with Crippen LogP contribution in [-0.4, -0.2) is 32.2 Å². The van der Waals surface area contributed by atoms with E-state index >= 15 is 0 Å². The molecule has 0 bridgehead atoms. The first kappa shape index (κ1) is 16.1. The molecule has 0 aromatic heterocycles. The molecule has 23 heavy (non-hydrogen) atoms. The summed E-state index contributed by atoms with van der Waals surface area (Å²) in [5.74, 6) is -0.136. The van der Waals surface area contributed by atoms with E-state index < -0.39 is 0 Å². The van der Waals surface area contributed by atoms with Gasteiger partial charge in [0.25, 0.3) is 5.91 Å². The van der Waals surface area contributed by atoms with Crippen molar-refractivity contribution in [1.82, 2.24) is 0 Å². The summed E-state index contributed by atoms with van der Waals surface area (Å²) < 4.78 is 6.42. The fourth-order valence-electron chi connectivity index (χ4n) is 2.56. The minimum atomic E-state index is -0.136. The predicted octanol–water partition coefficient (Wildman–Crippen LogP) is 2.96. The van der Waals surface area contributed by atoms with E-state index in [1.54, 1.807) is 12.1 Å². The zero-order valence-corrected chi connectivity index (χ0v) is 14.7. The third kappa shape index (κ3) is 3.94. The number of hydrogen-bond donors (Lipinski definition) is 2. The number of anilines is 3. The van der Waals surface area contributed by atoms with Crippen LogP contribution in [0.25, 0.3) is 0 Å². The van der Waals surface area contributed by atoms with Gasteiger partial charge < -0.3 is 20.7 Å². The molecule has 0 radical (unpaired) electrons. The maximum Gasteiger partial charge on any atom is 0.255 e. The van der Waals surface area contributed by atoms with E-state index in [9.17, 15) is 4.79 Å². The highest BCUT2D eigenvalue weighted by molar-refractivity contribution is 14.1. The Labute approximate surface area is 148 Å². The highest BCUT2D eigenvalue weighted by Gasteiger charge is 2.17. The smallest absolute Gasteiger partial charge is 0.255 e. The van der Waals surface area contributed by atoms with Crippen molar-refractivity contribution in [3.63, 3.8) is 0 Å². The quantitative estimate of drug-likeness (QED) is 0.589. The lowest BCUT2D eigenvalue weighted by Gasteiger charge is -2.30. The molecule has 1 saturated heterocycles. The van der Waals surface area contributed by atoms with Crippen molar-refractivity contribution in [2.75, 3.05) is 42.3 Å². The zero-order valence-electron chi connectivity index (χ0n) is 12.6. The predicted molar refractivity (Wildman–Crippen MR) is 101 cm³/mol. The monoisotopic (exact) mass is 423 g/mol. The van der Waals surface area contributed by atoms with Gasteiger partial charge in [-0.3, -0.25) is 4.79 Å². The number of halogens is 1. The van der Waals surface area contributed by atoms with E-state index in [-0.39, 0.29) is 5.91 Å². The van der Waals surface area contributed by atoms with E-state index in [0.717, 1.165) is 28.0 Å². The van der Waals surface area contributed by atoms with Gasteiger partial charge in [-0.25, -0.2) is 0 Å². The SMILES string of the molecule is Nc1ccc(N2CCOCC2)c(NC(=O)c2cccc(I)c2)c1. The van der Waals surface area contributed by atoms with Crippen LogP contribution in [0.5, 0.6) is 0 Å². The summed E-state index contributed by atoms with van der Waals surface area (Å²) in [6.45, 7) is 2.98. The highest BCUT2D eigenvalue weighted by atomic mass is 127. The summed E-state index contributed by atoms with van der Waals surface area (Å²) in [7, 11) is 0. The Hall–Kier alpha value is -1.80. The number of nitrogens with zero attached hydrogens (tertiary/aromatic N) is 1. The molecule has 1 fully saturated rings. The Kier molecular flexibility index (Phi) is 5.02. The van der Waals surface area contributed by atoms with Crippen LogP contribution in [0.1, 0.15) is 10.4 Å². The van der Waals surface area contributed by atoms with Gasteiger partial charge in [0.2, 0.25) is 0 Å².